The molecule has 0 aliphatic heterocycles. The van der Waals surface area contributed by atoms with Crippen molar-refractivity contribution in [3.63, 3.8) is 0 Å². The van der Waals surface area contributed by atoms with Gasteiger partial charge < -0.3 is 5.32 Å². The minimum Gasteiger partial charge on any atom is -0.347 e. The first kappa shape index (κ1) is 20.1. The lowest BCUT2D eigenvalue weighted by Crippen LogP contribution is -2.40. The van der Waals surface area contributed by atoms with Crippen molar-refractivity contribution in [2.24, 2.45) is 0 Å². The average Bonchev–Trinajstić information content (AvgIpc) is 3.10. The molecule has 6 heteroatoms. The molecule has 1 N–H and O–H groups in total. The number of aromatic nitrogens is 3. The average molecular weight is 397 g/mol. The Kier molecular flexibility index (Phi) is 5.57. The zero-order valence-corrected chi connectivity index (χ0v) is 17.6. The zero-order chi connectivity index (χ0) is 20.5. The van der Waals surface area contributed by atoms with E-state index in [1.54, 1.807) is 6.20 Å². The summed E-state index contributed by atoms with van der Waals surface area (Å²) in [5, 5.41) is 8.08. The Hall–Kier alpha value is -2.66. The number of nitrogens with zero attached hydrogens (tertiary/aromatic N) is 3. The summed E-state index contributed by atoms with van der Waals surface area (Å²) >= 11 is 6.03. The quantitative estimate of drug-likeness (QED) is 0.644. The van der Waals surface area contributed by atoms with Crippen LogP contribution in [0.1, 0.15) is 51.0 Å². The van der Waals surface area contributed by atoms with Gasteiger partial charge in [0, 0.05) is 33.9 Å². The minimum atomic E-state index is -0.333. The molecule has 0 aliphatic carbocycles. The van der Waals surface area contributed by atoms with Crippen LogP contribution in [0, 0.1) is 0 Å². The Labute approximate surface area is 170 Å². The number of nitrogens with one attached hydrogen (secondary N) is 1. The van der Waals surface area contributed by atoms with Gasteiger partial charge in [0.2, 0.25) is 0 Å². The highest BCUT2D eigenvalue weighted by molar-refractivity contribution is 6.30. The first-order chi connectivity index (χ1) is 13.1. The van der Waals surface area contributed by atoms with Crippen molar-refractivity contribution in [3.8, 4) is 22.6 Å². The predicted molar refractivity (Wildman–Crippen MR) is 114 cm³/mol. The number of carbonyl (C=O) groups is 1. The van der Waals surface area contributed by atoms with E-state index >= 15 is 0 Å². The van der Waals surface area contributed by atoms with E-state index in [9.17, 15) is 4.79 Å². The third kappa shape index (κ3) is 4.60. The second kappa shape index (κ2) is 7.76. The molecule has 0 radical (unpaired) electrons. The van der Waals surface area contributed by atoms with Crippen LogP contribution in [0.2, 0.25) is 5.02 Å². The van der Waals surface area contributed by atoms with Crippen LogP contribution in [-0.2, 0) is 0 Å². The first-order valence-corrected chi connectivity index (χ1v) is 9.66. The lowest BCUT2D eigenvalue weighted by molar-refractivity contribution is 0.0919. The summed E-state index contributed by atoms with van der Waals surface area (Å²) in [5.41, 5.74) is 3.41. The molecule has 3 rings (SSSR count). The lowest BCUT2D eigenvalue weighted by atomic mass is 10.0. The van der Waals surface area contributed by atoms with E-state index in [0.717, 1.165) is 11.3 Å². The summed E-state index contributed by atoms with van der Waals surface area (Å²) in [7, 11) is 0. The smallest absolute Gasteiger partial charge is 0.251 e. The van der Waals surface area contributed by atoms with E-state index in [4.69, 9.17) is 16.6 Å². The molecule has 28 heavy (non-hydrogen) atoms. The predicted octanol–water partition coefficient (Wildman–Crippen LogP) is 5.37. The fraction of sp³-hybridized carbons (Fsp3) is 0.318. The second-order valence-corrected chi connectivity index (χ2v) is 8.53. The van der Waals surface area contributed by atoms with Crippen molar-refractivity contribution in [3.05, 3.63) is 59.2 Å². The van der Waals surface area contributed by atoms with Crippen LogP contribution >= 0.6 is 11.6 Å². The van der Waals surface area contributed by atoms with Crippen LogP contribution in [0.5, 0.6) is 0 Å². The van der Waals surface area contributed by atoms with E-state index in [2.05, 4.69) is 24.3 Å². The summed E-state index contributed by atoms with van der Waals surface area (Å²) in [6.07, 6.45) is 1.75. The van der Waals surface area contributed by atoms with Crippen LogP contribution in [-0.4, -0.2) is 26.2 Å². The molecule has 1 amide bonds. The van der Waals surface area contributed by atoms with Crippen LogP contribution in [0.4, 0.5) is 0 Å². The maximum atomic E-state index is 12.9. The molecule has 3 aromatic rings. The first-order valence-electron chi connectivity index (χ1n) is 9.28. The molecule has 5 nitrogen and oxygen atoms in total. The summed E-state index contributed by atoms with van der Waals surface area (Å²) in [6, 6.07) is 13.2. The topological polar surface area (TPSA) is 59.8 Å². The highest BCUT2D eigenvalue weighted by Crippen LogP contribution is 2.27. The number of benzene rings is 1. The maximum absolute atomic E-state index is 12.9. The van der Waals surface area contributed by atoms with Crippen molar-refractivity contribution >= 4 is 17.5 Å². The summed E-state index contributed by atoms with van der Waals surface area (Å²) in [5.74, 6) is -0.137. The molecule has 1 aromatic carbocycles. The molecule has 0 aliphatic rings. The fourth-order valence-corrected chi connectivity index (χ4v) is 3.03. The number of carbonyl (C=O) groups excluding carboxylic acids is 1. The molecule has 0 spiro atoms. The van der Waals surface area contributed by atoms with Gasteiger partial charge >= 0.3 is 0 Å². The molecule has 0 saturated heterocycles. The maximum Gasteiger partial charge on any atom is 0.251 e. The van der Waals surface area contributed by atoms with Gasteiger partial charge in [-0.3, -0.25) is 9.48 Å². The molecule has 146 valence electrons. The molecule has 2 heterocycles. The number of pyridine rings is 1. The number of rotatable bonds is 4. The summed E-state index contributed by atoms with van der Waals surface area (Å²) in [4.78, 5) is 17.7. The Bertz CT molecular complexity index is 985. The van der Waals surface area contributed by atoms with Gasteiger partial charge in [-0.2, -0.15) is 5.10 Å². The monoisotopic (exact) mass is 396 g/mol. The Morgan fingerprint density at radius 3 is 2.32 bits per heavy atom. The van der Waals surface area contributed by atoms with Crippen LogP contribution in [0.25, 0.3) is 22.6 Å². The van der Waals surface area contributed by atoms with Crippen molar-refractivity contribution in [1.82, 2.24) is 20.1 Å². The van der Waals surface area contributed by atoms with E-state index < -0.39 is 0 Å². The molecule has 2 aromatic heterocycles. The standard InChI is InChI=1S/C22H25ClN4O/c1-14(2)27-20(10-11-24-27)19-13-16(21(28)26-22(3,4)5)12-18(25-19)15-6-8-17(23)9-7-15/h6-14H,1-5H3,(H,26,28). The molecule has 0 saturated carbocycles. The van der Waals surface area contributed by atoms with Gasteiger partial charge in [0.25, 0.3) is 5.91 Å². The minimum absolute atomic E-state index is 0.137. The molecule has 0 bridgehead atoms. The highest BCUT2D eigenvalue weighted by atomic mass is 35.5. The number of hydrogen-bond donors (Lipinski definition) is 1. The fourth-order valence-electron chi connectivity index (χ4n) is 2.90. The number of halogens is 1. The van der Waals surface area contributed by atoms with Gasteiger partial charge in [0.05, 0.1) is 17.1 Å². The van der Waals surface area contributed by atoms with Gasteiger partial charge in [-0.05, 0) is 65.0 Å². The van der Waals surface area contributed by atoms with E-state index in [0.29, 0.717) is 22.0 Å². The normalized spacial score (nSPS) is 11.7. The van der Waals surface area contributed by atoms with E-state index in [1.807, 2.05) is 67.9 Å². The third-order valence-corrected chi connectivity index (χ3v) is 4.39. The molecule has 0 unspecified atom stereocenters. The molecule has 0 fully saturated rings. The highest BCUT2D eigenvalue weighted by Gasteiger charge is 2.19. The SMILES string of the molecule is CC(C)n1nccc1-c1cc(C(=O)NC(C)(C)C)cc(-c2ccc(Cl)cc2)n1. The number of hydrogen-bond acceptors (Lipinski definition) is 3. The van der Waals surface area contributed by atoms with E-state index in [-0.39, 0.29) is 17.5 Å². The van der Waals surface area contributed by atoms with Gasteiger partial charge in [0.1, 0.15) is 0 Å². The third-order valence-electron chi connectivity index (χ3n) is 4.14. The number of amides is 1. The van der Waals surface area contributed by atoms with E-state index in [1.165, 1.54) is 0 Å². The molecular formula is C22H25ClN4O. The van der Waals surface area contributed by atoms with Crippen LogP contribution < -0.4 is 5.32 Å². The van der Waals surface area contributed by atoms with Crippen LogP contribution in [0.15, 0.2) is 48.7 Å². The van der Waals surface area contributed by atoms with Crippen molar-refractivity contribution in [2.75, 3.05) is 0 Å². The Balaban J connectivity index is 2.15. The molecular weight excluding hydrogens is 372 g/mol. The lowest BCUT2D eigenvalue weighted by Gasteiger charge is -2.21. The Morgan fingerprint density at radius 2 is 1.71 bits per heavy atom. The van der Waals surface area contributed by atoms with Gasteiger partial charge in [-0.25, -0.2) is 4.98 Å². The van der Waals surface area contributed by atoms with Gasteiger partial charge in [-0.1, -0.05) is 23.7 Å². The van der Waals surface area contributed by atoms with Crippen LogP contribution in [0.3, 0.4) is 0 Å². The van der Waals surface area contributed by atoms with Crippen molar-refractivity contribution < 1.29 is 4.79 Å². The summed E-state index contributed by atoms with van der Waals surface area (Å²) < 4.78 is 1.90. The van der Waals surface area contributed by atoms with Gasteiger partial charge in [-0.15, -0.1) is 0 Å². The summed E-state index contributed by atoms with van der Waals surface area (Å²) in [6.45, 7) is 10.0. The Morgan fingerprint density at radius 1 is 1.07 bits per heavy atom. The van der Waals surface area contributed by atoms with Gasteiger partial charge in [0.15, 0.2) is 0 Å². The largest absolute Gasteiger partial charge is 0.347 e. The van der Waals surface area contributed by atoms with Crippen molar-refractivity contribution in [1.29, 1.82) is 0 Å². The zero-order valence-electron chi connectivity index (χ0n) is 16.8. The second-order valence-electron chi connectivity index (χ2n) is 8.09. The van der Waals surface area contributed by atoms with Crippen molar-refractivity contribution in [2.45, 2.75) is 46.2 Å². The molecule has 0 atom stereocenters.